The Bertz CT molecular complexity index is 954. The number of hydrogen-bond acceptors (Lipinski definition) is 5. The second-order valence-corrected chi connectivity index (χ2v) is 6.13. The number of halogens is 1. The van der Waals surface area contributed by atoms with Crippen LogP contribution in [0.5, 0.6) is 0 Å². The number of nitrogens with zero attached hydrogens (tertiary/aromatic N) is 2. The highest BCUT2D eigenvalue weighted by Gasteiger charge is 2.14. The van der Waals surface area contributed by atoms with Gasteiger partial charge in [0.1, 0.15) is 0 Å². The number of aromatic nitrogens is 2. The van der Waals surface area contributed by atoms with Crippen LogP contribution in [0.25, 0.3) is 11.4 Å². The van der Waals surface area contributed by atoms with E-state index in [2.05, 4.69) is 20.8 Å². The topological polar surface area (TPSA) is 97.1 Å². The molecule has 0 aliphatic carbocycles. The zero-order valence-corrected chi connectivity index (χ0v) is 15.3. The number of para-hydroxylation sites is 1. The van der Waals surface area contributed by atoms with Gasteiger partial charge in [0.2, 0.25) is 17.6 Å². The smallest absolute Gasteiger partial charge is 0.253 e. The van der Waals surface area contributed by atoms with Gasteiger partial charge in [0.05, 0.1) is 11.3 Å². The summed E-state index contributed by atoms with van der Waals surface area (Å²) in [6.07, 6.45) is 0.429. The Morgan fingerprint density at radius 1 is 1.11 bits per heavy atom. The minimum atomic E-state index is -0.268. The van der Waals surface area contributed by atoms with E-state index in [4.69, 9.17) is 16.1 Å². The maximum absolute atomic E-state index is 12.2. The molecule has 2 aromatic carbocycles. The van der Waals surface area contributed by atoms with E-state index >= 15 is 0 Å². The van der Waals surface area contributed by atoms with Crippen LogP contribution >= 0.6 is 11.6 Å². The SMILES string of the molecule is CNC(=O)c1ccccc1NC(=O)CCc1nc(-c2ccc(Cl)cc2)no1. The largest absolute Gasteiger partial charge is 0.355 e. The predicted molar refractivity (Wildman–Crippen MR) is 102 cm³/mol. The Labute approximate surface area is 160 Å². The molecule has 8 heteroatoms. The molecule has 1 aromatic heterocycles. The Hall–Kier alpha value is -3.19. The fourth-order valence-electron chi connectivity index (χ4n) is 2.43. The average Bonchev–Trinajstić information content (AvgIpc) is 3.16. The molecular formula is C19H17ClN4O3. The monoisotopic (exact) mass is 384 g/mol. The van der Waals surface area contributed by atoms with E-state index in [0.29, 0.717) is 28.0 Å². The maximum Gasteiger partial charge on any atom is 0.253 e. The first-order valence-corrected chi connectivity index (χ1v) is 8.64. The first-order chi connectivity index (χ1) is 13.1. The molecule has 0 saturated heterocycles. The molecule has 0 aliphatic heterocycles. The minimum absolute atomic E-state index is 0.143. The van der Waals surface area contributed by atoms with Gasteiger partial charge in [0, 0.05) is 30.5 Å². The van der Waals surface area contributed by atoms with Gasteiger partial charge in [-0.3, -0.25) is 9.59 Å². The van der Waals surface area contributed by atoms with Gasteiger partial charge in [-0.25, -0.2) is 0 Å². The van der Waals surface area contributed by atoms with Crippen molar-refractivity contribution < 1.29 is 14.1 Å². The summed E-state index contributed by atoms with van der Waals surface area (Å²) in [5.74, 6) is 0.273. The molecule has 0 aliphatic rings. The van der Waals surface area contributed by atoms with Crippen LogP contribution in [0.1, 0.15) is 22.7 Å². The summed E-state index contributed by atoms with van der Waals surface area (Å²) in [4.78, 5) is 28.3. The fourth-order valence-corrected chi connectivity index (χ4v) is 2.56. The molecule has 2 amide bonds. The molecule has 3 aromatic rings. The molecule has 7 nitrogen and oxygen atoms in total. The second kappa shape index (κ2) is 8.46. The number of benzene rings is 2. The average molecular weight is 385 g/mol. The summed E-state index contributed by atoms with van der Waals surface area (Å²) in [6.45, 7) is 0. The summed E-state index contributed by atoms with van der Waals surface area (Å²) in [5.41, 5.74) is 1.63. The van der Waals surface area contributed by atoms with E-state index in [1.165, 1.54) is 7.05 Å². The van der Waals surface area contributed by atoms with Crippen molar-refractivity contribution in [2.45, 2.75) is 12.8 Å². The quantitative estimate of drug-likeness (QED) is 0.679. The number of carbonyl (C=O) groups excluding carboxylic acids is 2. The van der Waals surface area contributed by atoms with Gasteiger partial charge < -0.3 is 15.2 Å². The van der Waals surface area contributed by atoms with Crippen LogP contribution in [0.3, 0.4) is 0 Å². The first kappa shape index (κ1) is 18.6. The first-order valence-electron chi connectivity index (χ1n) is 8.26. The van der Waals surface area contributed by atoms with Gasteiger partial charge in [-0.05, 0) is 36.4 Å². The Morgan fingerprint density at radius 2 is 1.85 bits per heavy atom. The van der Waals surface area contributed by atoms with Crippen molar-refractivity contribution in [1.82, 2.24) is 15.5 Å². The minimum Gasteiger partial charge on any atom is -0.355 e. The van der Waals surface area contributed by atoms with Crippen molar-refractivity contribution in [2.24, 2.45) is 0 Å². The highest BCUT2D eigenvalue weighted by molar-refractivity contribution is 6.30. The molecule has 0 saturated carbocycles. The van der Waals surface area contributed by atoms with Crippen LogP contribution < -0.4 is 10.6 Å². The third-order valence-electron chi connectivity index (χ3n) is 3.81. The van der Waals surface area contributed by atoms with Crippen molar-refractivity contribution in [3.05, 3.63) is 65.0 Å². The Morgan fingerprint density at radius 3 is 2.59 bits per heavy atom. The predicted octanol–water partition coefficient (Wildman–Crippen LogP) is 3.32. The van der Waals surface area contributed by atoms with Crippen molar-refractivity contribution in [1.29, 1.82) is 0 Å². The zero-order chi connectivity index (χ0) is 19.2. The van der Waals surface area contributed by atoms with Gasteiger partial charge in [0.15, 0.2) is 0 Å². The van der Waals surface area contributed by atoms with Crippen LogP contribution in [0.15, 0.2) is 53.1 Å². The van der Waals surface area contributed by atoms with E-state index in [1.54, 1.807) is 48.5 Å². The Kier molecular flexibility index (Phi) is 5.83. The molecule has 0 atom stereocenters. The molecular weight excluding hydrogens is 368 g/mol. The van der Waals surface area contributed by atoms with Crippen molar-refractivity contribution in [2.75, 3.05) is 12.4 Å². The number of amides is 2. The number of rotatable bonds is 6. The fraction of sp³-hybridized carbons (Fsp3) is 0.158. The lowest BCUT2D eigenvalue weighted by Gasteiger charge is -2.09. The molecule has 27 heavy (non-hydrogen) atoms. The van der Waals surface area contributed by atoms with Gasteiger partial charge in [0.25, 0.3) is 5.91 Å². The van der Waals surface area contributed by atoms with E-state index in [9.17, 15) is 9.59 Å². The Balaban J connectivity index is 1.60. The van der Waals surface area contributed by atoms with Gasteiger partial charge in [-0.2, -0.15) is 4.98 Å². The molecule has 0 radical (unpaired) electrons. The van der Waals surface area contributed by atoms with E-state index in [0.717, 1.165) is 5.56 Å². The van der Waals surface area contributed by atoms with E-state index in [1.807, 2.05) is 0 Å². The lowest BCUT2D eigenvalue weighted by atomic mass is 10.1. The van der Waals surface area contributed by atoms with Crippen LogP contribution in [0.2, 0.25) is 5.02 Å². The number of carbonyl (C=O) groups is 2. The van der Waals surface area contributed by atoms with Crippen LogP contribution in [-0.2, 0) is 11.2 Å². The third kappa shape index (κ3) is 4.71. The van der Waals surface area contributed by atoms with Crippen molar-refractivity contribution in [3.8, 4) is 11.4 Å². The highest BCUT2D eigenvalue weighted by atomic mass is 35.5. The van der Waals surface area contributed by atoms with Gasteiger partial charge in [-0.15, -0.1) is 0 Å². The van der Waals surface area contributed by atoms with Crippen molar-refractivity contribution in [3.63, 3.8) is 0 Å². The lowest BCUT2D eigenvalue weighted by molar-refractivity contribution is -0.116. The molecule has 0 spiro atoms. The van der Waals surface area contributed by atoms with Gasteiger partial charge in [-0.1, -0.05) is 28.9 Å². The molecule has 0 unspecified atom stereocenters. The van der Waals surface area contributed by atoms with E-state index < -0.39 is 0 Å². The molecule has 1 heterocycles. The highest BCUT2D eigenvalue weighted by Crippen LogP contribution is 2.19. The number of aryl methyl sites for hydroxylation is 1. The molecule has 138 valence electrons. The van der Waals surface area contributed by atoms with Crippen LogP contribution in [0.4, 0.5) is 5.69 Å². The number of hydrogen-bond donors (Lipinski definition) is 2. The number of nitrogens with one attached hydrogen (secondary N) is 2. The molecule has 2 N–H and O–H groups in total. The van der Waals surface area contributed by atoms with Gasteiger partial charge >= 0.3 is 0 Å². The lowest BCUT2D eigenvalue weighted by Crippen LogP contribution is -2.21. The summed E-state index contributed by atoms with van der Waals surface area (Å²) < 4.78 is 5.19. The second-order valence-electron chi connectivity index (χ2n) is 5.69. The summed E-state index contributed by atoms with van der Waals surface area (Å²) in [7, 11) is 1.54. The molecule has 0 bridgehead atoms. The molecule has 3 rings (SSSR count). The standard InChI is InChI=1S/C19H17ClN4O3/c1-21-19(26)14-4-2-3-5-15(14)22-16(25)10-11-17-23-18(24-27-17)12-6-8-13(20)9-7-12/h2-9H,10-11H2,1H3,(H,21,26)(H,22,25). The van der Waals surface area contributed by atoms with Crippen LogP contribution in [0, 0.1) is 0 Å². The summed E-state index contributed by atoms with van der Waals surface area (Å²) in [5, 5.41) is 9.81. The maximum atomic E-state index is 12.2. The molecule has 0 fully saturated rings. The normalized spacial score (nSPS) is 10.4. The number of anilines is 1. The van der Waals surface area contributed by atoms with E-state index in [-0.39, 0.29) is 24.7 Å². The zero-order valence-electron chi connectivity index (χ0n) is 14.5. The third-order valence-corrected chi connectivity index (χ3v) is 4.06. The van der Waals surface area contributed by atoms with Crippen molar-refractivity contribution >= 4 is 29.1 Å². The van der Waals surface area contributed by atoms with Crippen LogP contribution in [-0.4, -0.2) is 29.0 Å². The summed E-state index contributed by atoms with van der Waals surface area (Å²) >= 11 is 5.86. The summed E-state index contributed by atoms with van der Waals surface area (Å²) in [6, 6.07) is 13.9.